The second-order valence-corrected chi connectivity index (χ2v) is 7.50. The van der Waals surface area contributed by atoms with Crippen molar-refractivity contribution in [3.8, 4) is 0 Å². The number of thiophene rings is 1. The van der Waals surface area contributed by atoms with E-state index in [0.29, 0.717) is 5.56 Å². The molecule has 6 heteroatoms. The number of hydrogen-bond donors (Lipinski definition) is 1. The van der Waals surface area contributed by atoms with E-state index in [1.165, 1.54) is 11.3 Å². The highest BCUT2D eigenvalue weighted by Crippen LogP contribution is 2.32. The number of carbonyl (C=O) groups excluding carboxylic acids is 1. The Morgan fingerprint density at radius 2 is 2.12 bits per heavy atom. The number of aliphatic hydroxyl groups is 1. The topological polar surface area (TPSA) is 40.5 Å². The summed E-state index contributed by atoms with van der Waals surface area (Å²) in [4.78, 5) is 13.8. The molecule has 0 fully saturated rings. The van der Waals surface area contributed by atoms with Crippen molar-refractivity contribution < 1.29 is 9.90 Å². The second kappa shape index (κ2) is 7.51. The Bertz CT molecular complexity index is 382. The van der Waals surface area contributed by atoms with E-state index in [-0.39, 0.29) is 12.5 Å². The van der Waals surface area contributed by atoms with Crippen molar-refractivity contribution in [1.82, 2.24) is 4.90 Å². The molecule has 0 saturated carbocycles. The molecule has 0 unspecified atom stereocenters. The highest BCUT2D eigenvalue weighted by atomic mass is 79.9. The molecule has 3 nitrogen and oxygen atoms in total. The van der Waals surface area contributed by atoms with E-state index in [0.717, 1.165) is 33.4 Å². The zero-order valence-electron chi connectivity index (χ0n) is 9.58. The molecule has 1 N–H and O–H groups in total. The first kappa shape index (κ1) is 15.1. The molecular formula is C11H15Br2NO2S. The Labute approximate surface area is 122 Å². The van der Waals surface area contributed by atoms with Crippen molar-refractivity contribution in [3.63, 3.8) is 0 Å². The molecule has 1 aromatic rings. The van der Waals surface area contributed by atoms with E-state index in [9.17, 15) is 4.79 Å². The Morgan fingerprint density at radius 1 is 1.41 bits per heavy atom. The normalized spacial score (nSPS) is 10.6. The van der Waals surface area contributed by atoms with Gasteiger partial charge in [-0.15, -0.1) is 11.3 Å². The smallest absolute Gasteiger partial charge is 0.255 e. The van der Waals surface area contributed by atoms with Crippen LogP contribution in [0.25, 0.3) is 0 Å². The van der Waals surface area contributed by atoms with Crippen molar-refractivity contribution in [2.75, 3.05) is 20.2 Å². The first-order valence-electron chi connectivity index (χ1n) is 5.37. The van der Waals surface area contributed by atoms with Crippen molar-refractivity contribution in [3.05, 3.63) is 19.2 Å². The first-order chi connectivity index (χ1) is 8.06. The minimum absolute atomic E-state index is 0.0304. The Morgan fingerprint density at radius 3 is 2.65 bits per heavy atom. The summed E-state index contributed by atoms with van der Waals surface area (Å²) in [6.07, 6.45) is 2.67. The van der Waals surface area contributed by atoms with Crippen LogP contribution in [0.5, 0.6) is 0 Å². The molecule has 0 aromatic carbocycles. The van der Waals surface area contributed by atoms with Crippen LogP contribution in [0.1, 0.15) is 29.6 Å². The van der Waals surface area contributed by atoms with Gasteiger partial charge in [-0.25, -0.2) is 0 Å². The number of carbonyl (C=O) groups is 1. The predicted octanol–water partition coefficient (Wildman–Crippen LogP) is 3.51. The lowest BCUT2D eigenvalue weighted by Crippen LogP contribution is -2.27. The van der Waals surface area contributed by atoms with E-state index in [2.05, 4.69) is 31.9 Å². The van der Waals surface area contributed by atoms with Crippen LogP contribution < -0.4 is 0 Å². The van der Waals surface area contributed by atoms with Gasteiger partial charge in [0.05, 0.1) is 13.1 Å². The van der Waals surface area contributed by atoms with Crippen LogP contribution in [0.15, 0.2) is 13.6 Å². The van der Waals surface area contributed by atoms with Gasteiger partial charge in [-0.2, -0.15) is 0 Å². The van der Waals surface area contributed by atoms with Gasteiger partial charge in [0.15, 0.2) is 0 Å². The highest BCUT2D eigenvalue weighted by molar-refractivity contribution is 9.12. The van der Waals surface area contributed by atoms with E-state index in [1.54, 1.807) is 11.9 Å². The third-order valence-electron chi connectivity index (χ3n) is 2.39. The monoisotopic (exact) mass is 383 g/mol. The van der Waals surface area contributed by atoms with Gasteiger partial charge in [-0.3, -0.25) is 4.79 Å². The number of rotatable bonds is 6. The SMILES string of the molecule is CN(CCCCCO)C(=O)c1cc(Br)sc1Br. The Kier molecular flexibility index (Phi) is 6.69. The van der Waals surface area contributed by atoms with Gasteiger partial charge in [0.1, 0.15) is 0 Å². The number of unbranched alkanes of at least 4 members (excludes halogenated alkanes) is 2. The van der Waals surface area contributed by atoms with Crippen LogP contribution in [0.3, 0.4) is 0 Å². The molecule has 0 spiro atoms. The molecule has 1 heterocycles. The molecule has 0 atom stereocenters. The molecule has 1 aromatic heterocycles. The maximum absolute atomic E-state index is 12.1. The van der Waals surface area contributed by atoms with Gasteiger partial charge < -0.3 is 10.0 Å². The average Bonchev–Trinajstić information content (AvgIpc) is 2.62. The third-order valence-corrected chi connectivity index (χ3v) is 4.72. The molecule has 0 radical (unpaired) electrons. The van der Waals surface area contributed by atoms with Crippen LogP contribution in [-0.4, -0.2) is 36.1 Å². The molecule has 0 bridgehead atoms. The van der Waals surface area contributed by atoms with Crippen molar-refractivity contribution >= 4 is 49.1 Å². The van der Waals surface area contributed by atoms with Crippen molar-refractivity contribution in [2.45, 2.75) is 19.3 Å². The highest BCUT2D eigenvalue weighted by Gasteiger charge is 2.17. The van der Waals surface area contributed by atoms with Crippen LogP contribution in [0.2, 0.25) is 0 Å². The molecule has 96 valence electrons. The lowest BCUT2D eigenvalue weighted by atomic mass is 10.2. The van der Waals surface area contributed by atoms with Gasteiger partial charge in [0.25, 0.3) is 5.91 Å². The Hall–Kier alpha value is 0.0900. The van der Waals surface area contributed by atoms with Gasteiger partial charge in [0.2, 0.25) is 0 Å². The summed E-state index contributed by atoms with van der Waals surface area (Å²) in [6.45, 7) is 0.944. The fourth-order valence-electron chi connectivity index (χ4n) is 1.43. The van der Waals surface area contributed by atoms with Gasteiger partial charge in [0, 0.05) is 20.2 Å². The fourth-order valence-corrected chi connectivity index (χ4v) is 4.21. The number of halogens is 2. The molecule has 0 aliphatic rings. The molecule has 0 aliphatic heterocycles. The fraction of sp³-hybridized carbons (Fsp3) is 0.545. The van der Waals surface area contributed by atoms with E-state index < -0.39 is 0 Å². The maximum Gasteiger partial charge on any atom is 0.255 e. The summed E-state index contributed by atoms with van der Waals surface area (Å²) < 4.78 is 1.80. The summed E-state index contributed by atoms with van der Waals surface area (Å²) in [5.74, 6) is 0.0304. The van der Waals surface area contributed by atoms with Crippen molar-refractivity contribution in [2.24, 2.45) is 0 Å². The molecule has 17 heavy (non-hydrogen) atoms. The quantitative estimate of drug-likeness (QED) is 0.762. The maximum atomic E-state index is 12.1. The zero-order valence-corrected chi connectivity index (χ0v) is 13.6. The van der Waals surface area contributed by atoms with Gasteiger partial charge in [-0.05, 0) is 57.2 Å². The molecule has 1 amide bonds. The minimum Gasteiger partial charge on any atom is -0.396 e. The summed E-state index contributed by atoms with van der Waals surface area (Å²) in [5.41, 5.74) is 0.700. The van der Waals surface area contributed by atoms with E-state index >= 15 is 0 Å². The summed E-state index contributed by atoms with van der Waals surface area (Å²) >= 11 is 8.25. The third kappa shape index (κ3) is 4.69. The number of aliphatic hydroxyl groups excluding tert-OH is 1. The second-order valence-electron chi connectivity index (χ2n) is 3.75. The van der Waals surface area contributed by atoms with Crippen molar-refractivity contribution in [1.29, 1.82) is 0 Å². The molecule has 0 saturated heterocycles. The van der Waals surface area contributed by atoms with E-state index in [4.69, 9.17) is 5.11 Å². The molecule has 0 aliphatic carbocycles. The first-order valence-corrected chi connectivity index (χ1v) is 7.77. The molecule has 1 rings (SSSR count). The number of nitrogens with zero attached hydrogens (tertiary/aromatic N) is 1. The Balaban J connectivity index is 2.49. The van der Waals surface area contributed by atoms with Crippen LogP contribution in [-0.2, 0) is 0 Å². The zero-order chi connectivity index (χ0) is 12.8. The average molecular weight is 385 g/mol. The van der Waals surface area contributed by atoms with Gasteiger partial charge >= 0.3 is 0 Å². The lowest BCUT2D eigenvalue weighted by molar-refractivity contribution is 0.0792. The predicted molar refractivity (Wildman–Crippen MR) is 77.6 cm³/mol. The standard InChI is InChI=1S/C11H15Br2NO2S/c1-14(5-3-2-4-6-15)11(16)8-7-9(12)17-10(8)13/h7,15H,2-6H2,1H3. The van der Waals surface area contributed by atoms with Gasteiger partial charge in [-0.1, -0.05) is 0 Å². The van der Waals surface area contributed by atoms with Crippen LogP contribution >= 0.6 is 43.2 Å². The largest absolute Gasteiger partial charge is 0.396 e. The van der Waals surface area contributed by atoms with Crippen LogP contribution in [0.4, 0.5) is 0 Å². The number of amides is 1. The van der Waals surface area contributed by atoms with Crippen LogP contribution in [0, 0.1) is 0 Å². The summed E-state index contributed by atoms with van der Waals surface area (Å²) in [7, 11) is 1.80. The summed E-state index contributed by atoms with van der Waals surface area (Å²) in [5, 5.41) is 8.67. The number of hydrogen-bond acceptors (Lipinski definition) is 3. The lowest BCUT2D eigenvalue weighted by Gasteiger charge is -2.16. The summed E-state index contributed by atoms with van der Waals surface area (Å²) in [6, 6.07) is 1.83. The van der Waals surface area contributed by atoms with E-state index in [1.807, 2.05) is 6.07 Å². The minimum atomic E-state index is 0.0304. The molecular weight excluding hydrogens is 370 g/mol.